The summed E-state index contributed by atoms with van der Waals surface area (Å²) in [6.45, 7) is 3.94. The number of aromatic nitrogens is 7. The van der Waals surface area contributed by atoms with Crippen LogP contribution in [0.3, 0.4) is 0 Å². The van der Waals surface area contributed by atoms with Crippen molar-refractivity contribution in [2.24, 2.45) is 7.05 Å². The summed E-state index contributed by atoms with van der Waals surface area (Å²) < 4.78 is 4.08. The van der Waals surface area contributed by atoms with E-state index in [0.29, 0.717) is 18.8 Å². The number of nitrogens with zero attached hydrogens (tertiary/aromatic N) is 8. The van der Waals surface area contributed by atoms with E-state index in [1.165, 1.54) is 6.20 Å². The first kappa shape index (κ1) is 17.3. The lowest BCUT2D eigenvalue weighted by Gasteiger charge is -2.32. The lowest BCUT2D eigenvalue weighted by atomic mass is 9.97. The number of aryl methyl sites for hydroxylation is 1. The van der Waals surface area contributed by atoms with E-state index in [9.17, 15) is 4.79 Å². The summed E-state index contributed by atoms with van der Waals surface area (Å²) in [4.78, 5) is 26.9. The minimum atomic E-state index is -0.0794. The van der Waals surface area contributed by atoms with Crippen LogP contribution in [0.25, 0.3) is 0 Å². The van der Waals surface area contributed by atoms with Crippen molar-refractivity contribution in [3.8, 4) is 0 Å². The van der Waals surface area contributed by atoms with Gasteiger partial charge in [0.25, 0.3) is 5.91 Å². The molecule has 1 aliphatic heterocycles. The van der Waals surface area contributed by atoms with Crippen LogP contribution in [0.5, 0.6) is 0 Å². The van der Waals surface area contributed by atoms with Gasteiger partial charge in [0.05, 0.1) is 12.7 Å². The first-order valence-electron chi connectivity index (χ1n) is 9.04. The highest BCUT2D eigenvalue weighted by Gasteiger charge is 2.29. The Kier molecular flexibility index (Phi) is 4.66. The Morgan fingerprint density at radius 1 is 1.22 bits per heavy atom. The number of carbonyl (C=O) groups is 1. The fraction of sp³-hybridized carbons (Fsp3) is 0.444. The number of amides is 1. The van der Waals surface area contributed by atoms with Gasteiger partial charge in [-0.15, -0.1) is 10.2 Å². The normalized spacial score (nSPS) is 17.3. The number of imidazole rings is 1. The Morgan fingerprint density at radius 3 is 2.85 bits per heavy atom. The largest absolute Gasteiger partial charge is 0.337 e. The van der Waals surface area contributed by atoms with Crippen LogP contribution in [-0.2, 0) is 13.6 Å². The van der Waals surface area contributed by atoms with Gasteiger partial charge in [0, 0.05) is 50.8 Å². The van der Waals surface area contributed by atoms with E-state index in [2.05, 4.69) is 25.1 Å². The smallest absolute Gasteiger partial charge is 0.274 e. The van der Waals surface area contributed by atoms with Crippen molar-refractivity contribution >= 4 is 5.91 Å². The van der Waals surface area contributed by atoms with E-state index in [0.717, 1.165) is 36.9 Å². The van der Waals surface area contributed by atoms with E-state index in [1.54, 1.807) is 18.6 Å². The van der Waals surface area contributed by atoms with Crippen molar-refractivity contribution in [1.82, 2.24) is 39.2 Å². The first-order valence-corrected chi connectivity index (χ1v) is 9.04. The molecule has 0 bridgehead atoms. The van der Waals surface area contributed by atoms with Gasteiger partial charge >= 0.3 is 0 Å². The monoisotopic (exact) mass is 366 g/mol. The van der Waals surface area contributed by atoms with Gasteiger partial charge in [-0.1, -0.05) is 0 Å². The lowest BCUT2D eigenvalue weighted by molar-refractivity contribution is 0.0697. The molecular formula is C18H22N8O. The third-order valence-corrected chi connectivity index (χ3v) is 5.09. The van der Waals surface area contributed by atoms with Gasteiger partial charge in [-0.2, -0.15) is 0 Å². The van der Waals surface area contributed by atoms with Crippen LogP contribution in [0.15, 0.2) is 31.0 Å². The summed E-state index contributed by atoms with van der Waals surface area (Å²) in [7, 11) is 1.99. The standard InChI is InChI=1S/C18H22N8O/c1-13-20-7-9-25(13)12-16-22-23-17(24(16)2)14-4-3-8-26(11-14)18(27)15-10-19-5-6-21-15/h5-7,9-10,14H,3-4,8,11-12H2,1-2H3. The molecule has 1 amide bonds. The molecule has 1 unspecified atom stereocenters. The predicted molar refractivity (Wildman–Crippen MR) is 97.0 cm³/mol. The van der Waals surface area contributed by atoms with Crippen molar-refractivity contribution in [1.29, 1.82) is 0 Å². The average Bonchev–Trinajstić information content (AvgIpc) is 3.28. The summed E-state index contributed by atoms with van der Waals surface area (Å²) in [6, 6.07) is 0. The van der Waals surface area contributed by atoms with Gasteiger partial charge < -0.3 is 14.0 Å². The summed E-state index contributed by atoms with van der Waals surface area (Å²) >= 11 is 0. The summed E-state index contributed by atoms with van der Waals surface area (Å²) in [5.74, 6) is 2.82. The Hall–Kier alpha value is -3.10. The highest BCUT2D eigenvalue weighted by molar-refractivity contribution is 5.92. The van der Waals surface area contributed by atoms with E-state index in [-0.39, 0.29) is 11.8 Å². The van der Waals surface area contributed by atoms with Crippen LogP contribution in [0.4, 0.5) is 0 Å². The number of piperidine rings is 1. The Bertz CT molecular complexity index is 932. The lowest BCUT2D eigenvalue weighted by Crippen LogP contribution is -2.40. The summed E-state index contributed by atoms with van der Waals surface area (Å²) in [5, 5.41) is 8.80. The molecule has 1 aliphatic rings. The van der Waals surface area contributed by atoms with E-state index < -0.39 is 0 Å². The number of rotatable bonds is 4. The van der Waals surface area contributed by atoms with Crippen LogP contribution in [-0.4, -0.2) is 58.2 Å². The Morgan fingerprint density at radius 2 is 2.11 bits per heavy atom. The van der Waals surface area contributed by atoms with E-state index in [4.69, 9.17) is 0 Å². The molecule has 9 nitrogen and oxygen atoms in total. The maximum atomic E-state index is 12.7. The molecule has 0 aliphatic carbocycles. The SMILES string of the molecule is Cc1nccn1Cc1nnc(C2CCCN(C(=O)c3cnccn3)C2)n1C. The topological polar surface area (TPSA) is 94.6 Å². The molecule has 0 N–H and O–H groups in total. The molecule has 0 saturated carbocycles. The predicted octanol–water partition coefficient (Wildman–Crippen LogP) is 1.18. The van der Waals surface area contributed by atoms with E-state index in [1.807, 2.05) is 34.2 Å². The summed E-state index contributed by atoms with van der Waals surface area (Å²) in [6.07, 6.45) is 10.3. The first-order chi connectivity index (χ1) is 13.1. The molecule has 1 saturated heterocycles. The maximum absolute atomic E-state index is 12.7. The van der Waals surface area contributed by atoms with Gasteiger partial charge in [0.2, 0.25) is 0 Å². The minimum Gasteiger partial charge on any atom is -0.337 e. The van der Waals surface area contributed by atoms with Crippen LogP contribution in [0.2, 0.25) is 0 Å². The quantitative estimate of drug-likeness (QED) is 0.688. The van der Waals surface area contributed by atoms with Gasteiger partial charge in [-0.25, -0.2) is 9.97 Å². The molecule has 0 radical (unpaired) electrons. The highest BCUT2D eigenvalue weighted by Crippen LogP contribution is 2.26. The van der Waals surface area contributed by atoms with Gasteiger partial charge in [0.1, 0.15) is 17.3 Å². The molecule has 27 heavy (non-hydrogen) atoms. The van der Waals surface area contributed by atoms with Gasteiger partial charge in [-0.05, 0) is 19.8 Å². The molecule has 140 valence electrons. The second-order valence-electron chi connectivity index (χ2n) is 6.82. The third-order valence-electron chi connectivity index (χ3n) is 5.09. The van der Waals surface area contributed by atoms with Crippen LogP contribution < -0.4 is 0 Å². The molecule has 3 aromatic heterocycles. The van der Waals surface area contributed by atoms with Crippen molar-refractivity contribution in [3.63, 3.8) is 0 Å². The molecule has 9 heteroatoms. The average molecular weight is 366 g/mol. The summed E-state index contributed by atoms with van der Waals surface area (Å²) in [5.41, 5.74) is 0.382. The second-order valence-corrected chi connectivity index (χ2v) is 6.82. The molecule has 1 fully saturated rings. The minimum absolute atomic E-state index is 0.0794. The zero-order valence-electron chi connectivity index (χ0n) is 15.5. The number of hydrogen-bond donors (Lipinski definition) is 0. The molecule has 4 rings (SSSR count). The van der Waals surface area contributed by atoms with Crippen LogP contribution in [0, 0.1) is 6.92 Å². The number of likely N-dealkylation sites (tertiary alicyclic amines) is 1. The van der Waals surface area contributed by atoms with Crippen molar-refractivity contribution in [2.75, 3.05) is 13.1 Å². The molecule has 1 atom stereocenters. The van der Waals surface area contributed by atoms with E-state index >= 15 is 0 Å². The zero-order chi connectivity index (χ0) is 18.8. The van der Waals surface area contributed by atoms with Crippen LogP contribution in [0.1, 0.15) is 46.7 Å². The molecule has 4 heterocycles. The van der Waals surface area contributed by atoms with Gasteiger partial charge in [-0.3, -0.25) is 9.78 Å². The Labute approximate surface area is 157 Å². The Balaban J connectivity index is 1.50. The molecular weight excluding hydrogens is 344 g/mol. The van der Waals surface area contributed by atoms with Crippen LogP contribution >= 0.6 is 0 Å². The van der Waals surface area contributed by atoms with Crippen molar-refractivity contribution in [2.45, 2.75) is 32.2 Å². The number of carbonyl (C=O) groups excluding carboxylic acids is 1. The zero-order valence-corrected chi connectivity index (χ0v) is 15.5. The van der Waals surface area contributed by atoms with Gasteiger partial charge in [0.15, 0.2) is 5.82 Å². The highest BCUT2D eigenvalue weighted by atomic mass is 16.2. The fourth-order valence-electron chi connectivity index (χ4n) is 3.54. The van der Waals surface area contributed by atoms with Crippen molar-refractivity contribution < 1.29 is 4.79 Å². The molecule has 0 aromatic carbocycles. The number of hydrogen-bond acceptors (Lipinski definition) is 6. The molecule has 3 aromatic rings. The fourth-order valence-corrected chi connectivity index (χ4v) is 3.54. The maximum Gasteiger partial charge on any atom is 0.274 e. The third kappa shape index (κ3) is 3.44. The van der Waals surface area contributed by atoms with Crippen molar-refractivity contribution in [3.05, 3.63) is 54.2 Å². The second kappa shape index (κ2) is 7.26. The molecule has 0 spiro atoms.